The zero-order chi connectivity index (χ0) is 13.8. The van der Waals surface area contributed by atoms with Crippen LogP contribution in [0.4, 0.5) is 0 Å². The fraction of sp³-hybridized carbons (Fsp3) is 0.267. The molecule has 2 aromatic carbocycles. The van der Waals surface area contributed by atoms with Crippen molar-refractivity contribution in [2.75, 3.05) is 20.8 Å². The molecule has 0 aliphatic carbocycles. The molecule has 0 unspecified atom stereocenters. The van der Waals surface area contributed by atoms with Crippen molar-refractivity contribution in [3.63, 3.8) is 0 Å². The molecule has 0 aliphatic rings. The van der Waals surface area contributed by atoms with Crippen LogP contribution in [0.15, 0.2) is 30.3 Å². The van der Waals surface area contributed by atoms with Crippen molar-refractivity contribution in [1.82, 2.24) is 0 Å². The van der Waals surface area contributed by atoms with Crippen molar-refractivity contribution >= 4 is 16.7 Å². The van der Waals surface area contributed by atoms with Crippen LogP contribution in [0.2, 0.25) is 0 Å². The fourth-order valence-electron chi connectivity index (χ4n) is 1.92. The number of rotatable bonds is 4. The van der Waals surface area contributed by atoms with E-state index in [9.17, 15) is 4.79 Å². The van der Waals surface area contributed by atoms with E-state index in [4.69, 9.17) is 14.2 Å². The van der Waals surface area contributed by atoms with Gasteiger partial charge in [0.15, 0.2) is 0 Å². The minimum Gasteiger partial charge on any atom is -0.497 e. The van der Waals surface area contributed by atoms with E-state index in [-0.39, 0.29) is 5.97 Å². The molecule has 0 saturated carbocycles. The SMILES string of the molecule is CCOC(=O)c1cc2cc(OC)ccc2cc1OC. The molecule has 0 radical (unpaired) electrons. The maximum Gasteiger partial charge on any atom is 0.341 e. The smallest absolute Gasteiger partial charge is 0.341 e. The van der Waals surface area contributed by atoms with Crippen LogP contribution in [0.3, 0.4) is 0 Å². The maximum atomic E-state index is 11.9. The van der Waals surface area contributed by atoms with Gasteiger partial charge in [0.05, 0.1) is 20.8 Å². The second-order valence-electron chi connectivity index (χ2n) is 3.99. The molecule has 0 fully saturated rings. The highest BCUT2D eigenvalue weighted by atomic mass is 16.5. The number of fused-ring (bicyclic) bond motifs is 1. The molecule has 0 amide bonds. The first kappa shape index (κ1) is 13.2. The molecule has 0 aromatic heterocycles. The van der Waals surface area contributed by atoms with Gasteiger partial charge in [-0.15, -0.1) is 0 Å². The van der Waals surface area contributed by atoms with Gasteiger partial charge in [-0.3, -0.25) is 0 Å². The Bertz CT molecular complexity index is 604. The third kappa shape index (κ3) is 2.62. The molecule has 2 rings (SSSR count). The Labute approximate surface area is 111 Å². The van der Waals surface area contributed by atoms with E-state index in [1.54, 1.807) is 20.1 Å². The van der Waals surface area contributed by atoms with Gasteiger partial charge in [-0.05, 0) is 42.0 Å². The topological polar surface area (TPSA) is 44.8 Å². The van der Waals surface area contributed by atoms with Gasteiger partial charge in [0.2, 0.25) is 0 Å². The highest BCUT2D eigenvalue weighted by Crippen LogP contribution is 2.29. The molecule has 100 valence electrons. The van der Waals surface area contributed by atoms with Gasteiger partial charge < -0.3 is 14.2 Å². The summed E-state index contributed by atoms with van der Waals surface area (Å²) >= 11 is 0. The average molecular weight is 260 g/mol. The molecule has 0 bridgehead atoms. The van der Waals surface area contributed by atoms with Crippen LogP contribution in [0.25, 0.3) is 10.8 Å². The Balaban J connectivity index is 2.57. The summed E-state index contributed by atoms with van der Waals surface area (Å²) in [5.41, 5.74) is 0.421. The molecule has 0 spiro atoms. The number of esters is 1. The molecule has 19 heavy (non-hydrogen) atoms. The number of methoxy groups -OCH3 is 2. The van der Waals surface area contributed by atoms with Gasteiger partial charge in [0, 0.05) is 0 Å². The van der Waals surface area contributed by atoms with E-state index in [1.165, 1.54) is 7.11 Å². The zero-order valence-corrected chi connectivity index (χ0v) is 11.2. The fourth-order valence-corrected chi connectivity index (χ4v) is 1.92. The van der Waals surface area contributed by atoms with Gasteiger partial charge in [-0.1, -0.05) is 6.07 Å². The van der Waals surface area contributed by atoms with Gasteiger partial charge >= 0.3 is 5.97 Å². The summed E-state index contributed by atoms with van der Waals surface area (Å²) in [4.78, 5) is 11.9. The third-order valence-corrected chi connectivity index (χ3v) is 2.86. The van der Waals surface area contributed by atoms with Crippen LogP contribution in [-0.4, -0.2) is 26.8 Å². The summed E-state index contributed by atoms with van der Waals surface area (Å²) in [6.45, 7) is 2.10. The Morgan fingerprint density at radius 2 is 1.84 bits per heavy atom. The molecule has 2 aromatic rings. The molecular formula is C15H16O4. The van der Waals surface area contributed by atoms with Gasteiger partial charge in [0.1, 0.15) is 17.1 Å². The number of benzene rings is 2. The lowest BCUT2D eigenvalue weighted by atomic mass is 10.1. The van der Waals surface area contributed by atoms with Crippen LogP contribution in [0.1, 0.15) is 17.3 Å². The number of ether oxygens (including phenoxy) is 3. The Morgan fingerprint density at radius 3 is 2.47 bits per heavy atom. The van der Waals surface area contributed by atoms with Crippen LogP contribution >= 0.6 is 0 Å². The van der Waals surface area contributed by atoms with Crippen molar-refractivity contribution < 1.29 is 19.0 Å². The van der Waals surface area contributed by atoms with E-state index in [2.05, 4.69) is 0 Å². The highest BCUT2D eigenvalue weighted by Gasteiger charge is 2.14. The van der Waals surface area contributed by atoms with E-state index in [0.717, 1.165) is 16.5 Å². The number of carbonyl (C=O) groups is 1. The largest absolute Gasteiger partial charge is 0.497 e. The first-order chi connectivity index (χ1) is 9.19. The molecule has 4 nitrogen and oxygen atoms in total. The van der Waals surface area contributed by atoms with E-state index in [1.807, 2.05) is 24.3 Å². The van der Waals surface area contributed by atoms with Crippen molar-refractivity contribution in [3.8, 4) is 11.5 Å². The summed E-state index contributed by atoms with van der Waals surface area (Å²) < 4.78 is 15.5. The molecule has 0 N–H and O–H groups in total. The van der Waals surface area contributed by atoms with Crippen molar-refractivity contribution in [2.45, 2.75) is 6.92 Å². The number of carbonyl (C=O) groups excluding carboxylic acids is 1. The van der Waals surface area contributed by atoms with Crippen molar-refractivity contribution in [2.24, 2.45) is 0 Å². The minimum atomic E-state index is -0.385. The van der Waals surface area contributed by atoms with Crippen LogP contribution < -0.4 is 9.47 Å². The zero-order valence-electron chi connectivity index (χ0n) is 11.2. The average Bonchev–Trinajstić information content (AvgIpc) is 2.45. The van der Waals surface area contributed by atoms with Gasteiger partial charge in [-0.25, -0.2) is 4.79 Å². The molecule has 0 atom stereocenters. The molecule has 0 aliphatic heterocycles. The lowest BCUT2D eigenvalue weighted by Gasteiger charge is -2.10. The second kappa shape index (κ2) is 5.61. The quantitative estimate of drug-likeness (QED) is 0.793. The maximum absolute atomic E-state index is 11.9. The predicted molar refractivity (Wildman–Crippen MR) is 73.0 cm³/mol. The molecule has 0 heterocycles. The minimum absolute atomic E-state index is 0.331. The second-order valence-corrected chi connectivity index (χ2v) is 3.99. The van der Waals surface area contributed by atoms with Crippen molar-refractivity contribution in [3.05, 3.63) is 35.9 Å². The lowest BCUT2D eigenvalue weighted by molar-refractivity contribution is 0.0523. The third-order valence-electron chi connectivity index (χ3n) is 2.86. The normalized spacial score (nSPS) is 10.3. The number of hydrogen-bond donors (Lipinski definition) is 0. The van der Waals surface area contributed by atoms with Crippen molar-refractivity contribution in [1.29, 1.82) is 0 Å². The summed E-state index contributed by atoms with van der Waals surface area (Å²) in [5.74, 6) is 0.868. The van der Waals surface area contributed by atoms with Gasteiger partial charge in [-0.2, -0.15) is 0 Å². The number of hydrogen-bond acceptors (Lipinski definition) is 4. The monoisotopic (exact) mass is 260 g/mol. The first-order valence-electron chi connectivity index (χ1n) is 6.02. The summed E-state index contributed by atoms with van der Waals surface area (Å²) in [5, 5.41) is 1.88. The highest BCUT2D eigenvalue weighted by molar-refractivity contribution is 5.99. The predicted octanol–water partition coefficient (Wildman–Crippen LogP) is 3.03. The molecule has 4 heteroatoms. The summed E-state index contributed by atoms with van der Waals surface area (Å²) in [7, 11) is 3.14. The van der Waals surface area contributed by atoms with Gasteiger partial charge in [0.25, 0.3) is 0 Å². The van der Waals surface area contributed by atoms with E-state index in [0.29, 0.717) is 17.9 Å². The first-order valence-corrected chi connectivity index (χ1v) is 6.02. The standard InChI is InChI=1S/C15H16O4/c1-4-19-15(16)13-8-11-7-12(17-2)6-5-10(11)9-14(13)18-3/h5-9H,4H2,1-3H3. The van der Waals surface area contributed by atoms with Crippen LogP contribution in [0.5, 0.6) is 11.5 Å². The molecular weight excluding hydrogens is 244 g/mol. The summed E-state index contributed by atoms with van der Waals surface area (Å²) in [6, 6.07) is 9.24. The van der Waals surface area contributed by atoms with Crippen LogP contribution in [0, 0.1) is 0 Å². The van der Waals surface area contributed by atoms with E-state index < -0.39 is 0 Å². The lowest BCUT2D eigenvalue weighted by Crippen LogP contribution is -2.06. The summed E-state index contributed by atoms with van der Waals surface area (Å²) in [6.07, 6.45) is 0. The Hall–Kier alpha value is -2.23. The molecule has 0 saturated heterocycles. The Morgan fingerprint density at radius 1 is 1.05 bits per heavy atom. The van der Waals surface area contributed by atoms with Crippen LogP contribution in [-0.2, 0) is 4.74 Å². The van der Waals surface area contributed by atoms with E-state index >= 15 is 0 Å². The Kier molecular flexibility index (Phi) is 3.90.